The predicted octanol–water partition coefficient (Wildman–Crippen LogP) is 4.98. The summed E-state index contributed by atoms with van der Waals surface area (Å²) in [5, 5.41) is 11.3. The number of nitrogens with zero attached hydrogens (tertiary/aromatic N) is 7. The average molecular weight is 508 g/mol. The number of hydrogen-bond donors (Lipinski definition) is 0. The van der Waals surface area contributed by atoms with Gasteiger partial charge in [0.1, 0.15) is 5.52 Å². The number of amides is 1. The number of alkyl halides is 2. The van der Waals surface area contributed by atoms with Crippen LogP contribution in [0.5, 0.6) is 0 Å². The van der Waals surface area contributed by atoms with Crippen LogP contribution in [-0.2, 0) is 0 Å². The molecule has 2 aliphatic heterocycles. The molecule has 1 aromatic carbocycles. The number of oxazole rings is 1. The van der Waals surface area contributed by atoms with E-state index < -0.39 is 18.5 Å². The van der Waals surface area contributed by atoms with Crippen LogP contribution in [-0.4, -0.2) is 48.5 Å². The zero-order chi connectivity index (χ0) is 25.8. The van der Waals surface area contributed by atoms with Gasteiger partial charge in [-0.15, -0.1) is 10.2 Å². The maximum atomic E-state index is 13.7. The van der Waals surface area contributed by atoms with Gasteiger partial charge in [0, 0.05) is 19.0 Å². The van der Waals surface area contributed by atoms with E-state index in [0.29, 0.717) is 34.6 Å². The first-order valence-corrected chi connectivity index (χ1v) is 11.9. The van der Waals surface area contributed by atoms with Crippen LogP contribution in [0.3, 0.4) is 0 Å². The highest BCUT2D eigenvalue weighted by Crippen LogP contribution is 2.43. The van der Waals surface area contributed by atoms with Crippen molar-refractivity contribution in [3.05, 3.63) is 59.2 Å². The summed E-state index contributed by atoms with van der Waals surface area (Å²) in [6.45, 7) is 3.79. The summed E-state index contributed by atoms with van der Waals surface area (Å²) in [6, 6.07) is 5.03. The smallest absolute Gasteiger partial charge is 0.333 e. The fraction of sp³-hybridized carbons (Fsp3) is 0.360. The Morgan fingerprint density at radius 2 is 2.03 bits per heavy atom. The van der Waals surface area contributed by atoms with Gasteiger partial charge in [-0.3, -0.25) is 9.79 Å². The van der Waals surface area contributed by atoms with E-state index in [0.717, 1.165) is 23.0 Å². The third-order valence-electron chi connectivity index (χ3n) is 7.02. The molecule has 2 unspecified atom stereocenters. The number of benzene rings is 1. The van der Waals surface area contributed by atoms with Crippen molar-refractivity contribution in [2.24, 2.45) is 16.8 Å². The summed E-state index contributed by atoms with van der Waals surface area (Å²) in [7, 11) is 0. The predicted molar refractivity (Wildman–Crippen MR) is 128 cm³/mol. The van der Waals surface area contributed by atoms with Gasteiger partial charge < -0.3 is 13.7 Å². The number of carbonyl (C=O) groups is 1. The Hall–Kier alpha value is -4.22. The van der Waals surface area contributed by atoms with Gasteiger partial charge >= 0.3 is 18.3 Å². The highest BCUT2D eigenvalue weighted by molar-refractivity contribution is 5.90. The number of aromatic nitrogens is 5. The van der Waals surface area contributed by atoms with Crippen molar-refractivity contribution < 1.29 is 22.4 Å². The third kappa shape index (κ3) is 3.92. The fourth-order valence-electron chi connectivity index (χ4n) is 4.82. The Bertz CT molecular complexity index is 1570. The van der Waals surface area contributed by atoms with Gasteiger partial charge in [-0.2, -0.15) is 13.9 Å². The zero-order valence-corrected chi connectivity index (χ0v) is 20.3. The molecule has 6 rings (SSSR count). The number of carbonyl (C=O) groups excluding carboxylic acids is 1. The summed E-state index contributed by atoms with van der Waals surface area (Å²) in [5.74, 6) is -0.0310. The van der Waals surface area contributed by atoms with Crippen molar-refractivity contribution in [3.63, 3.8) is 0 Å². The molecule has 12 heteroatoms. The van der Waals surface area contributed by atoms with Gasteiger partial charge in [0.15, 0.2) is 11.6 Å². The molecule has 3 aromatic heterocycles. The van der Waals surface area contributed by atoms with Crippen LogP contribution < -0.4 is 0 Å². The first-order valence-electron chi connectivity index (χ1n) is 11.9. The molecule has 0 aliphatic carbocycles. The summed E-state index contributed by atoms with van der Waals surface area (Å²) >= 11 is 0. The van der Waals surface area contributed by atoms with Crippen LogP contribution in [0, 0.1) is 18.8 Å². The van der Waals surface area contributed by atoms with Crippen LogP contribution in [0.4, 0.5) is 8.78 Å². The maximum Gasteiger partial charge on any atom is 0.333 e. The van der Waals surface area contributed by atoms with Crippen LogP contribution in [0.15, 0.2) is 55.7 Å². The third-order valence-corrected chi connectivity index (χ3v) is 7.02. The normalized spacial score (nSPS) is 21.8. The highest BCUT2D eigenvalue weighted by atomic mass is 19.3. The second-order valence-electron chi connectivity index (χ2n) is 9.41. The van der Waals surface area contributed by atoms with E-state index in [1.54, 1.807) is 4.90 Å². The van der Waals surface area contributed by atoms with Crippen molar-refractivity contribution in [1.29, 1.82) is 0 Å². The van der Waals surface area contributed by atoms with Gasteiger partial charge in [0.05, 0.1) is 17.5 Å². The Labute approximate surface area is 209 Å². The van der Waals surface area contributed by atoms with Crippen LogP contribution in [0.25, 0.3) is 22.6 Å². The van der Waals surface area contributed by atoms with E-state index in [1.807, 2.05) is 31.3 Å². The fourth-order valence-corrected chi connectivity index (χ4v) is 4.82. The quantitative estimate of drug-likeness (QED) is 0.383. The molecule has 2 aliphatic rings. The first-order chi connectivity index (χ1) is 17.8. The minimum Gasteiger partial charge on any atom is -0.438 e. The molecule has 0 fully saturated rings. The second-order valence-corrected chi connectivity index (χ2v) is 9.41. The first kappa shape index (κ1) is 23.2. The number of aryl methyl sites for hydroxylation is 1. The molecular formula is C25H23F2N7O3. The topological polar surface area (TPSA) is 115 Å². The standard InChI is InChI=1S/C25H23F2N7O3/c1-12-4-5-17-18(8-12)36-22(30-17)20-19-16(14(3)13(2)9-28-19)6-7-33(20)24(35)23-32-31-21(37-23)15-10-29-34(11-15)25(26)27/h4-5,8-11,13-14,20,25H,6-7H2,1-3H3/t13?,14?,20-/m0/s1. The molecule has 1 amide bonds. The molecule has 0 saturated heterocycles. The summed E-state index contributed by atoms with van der Waals surface area (Å²) in [5.41, 5.74) is 4.39. The largest absolute Gasteiger partial charge is 0.438 e. The Balaban J connectivity index is 1.39. The zero-order valence-electron chi connectivity index (χ0n) is 20.3. The van der Waals surface area contributed by atoms with Crippen LogP contribution in [0.2, 0.25) is 0 Å². The summed E-state index contributed by atoms with van der Waals surface area (Å²) in [6.07, 6.45) is 4.77. The molecule has 190 valence electrons. The molecule has 3 atom stereocenters. The Morgan fingerprint density at radius 3 is 2.81 bits per heavy atom. The molecule has 0 bridgehead atoms. The Kier molecular flexibility index (Phi) is 5.46. The van der Waals surface area contributed by atoms with Gasteiger partial charge in [0.2, 0.25) is 5.89 Å². The second kappa shape index (κ2) is 8.71. The molecule has 5 heterocycles. The molecule has 0 saturated carbocycles. The molecule has 4 aromatic rings. The maximum absolute atomic E-state index is 13.7. The van der Waals surface area contributed by atoms with Gasteiger partial charge in [-0.1, -0.05) is 19.9 Å². The average Bonchev–Trinajstić information content (AvgIpc) is 3.64. The molecule has 0 spiro atoms. The van der Waals surface area contributed by atoms with E-state index in [9.17, 15) is 13.6 Å². The van der Waals surface area contributed by atoms with E-state index in [4.69, 9.17) is 18.8 Å². The molecule has 37 heavy (non-hydrogen) atoms. The molecule has 10 nitrogen and oxygen atoms in total. The lowest BCUT2D eigenvalue weighted by Gasteiger charge is -2.39. The number of rotatable bonds is 4. The van der Waals surface area contributed by atoms with Crippen molar-refractivity contribution in [1.82, 2.24) is 29.9 Å². The van der Waals surface area contributed by atoms with Crippen LogP contribution >= 0.6 is 0 Å². The van der Waals surface area contributed by atoms with Crippen LogP contribution in [0.1, 0.15) is 55.0 Å². The lowest BCUT2D eigenvalue weighted by atomic mass is 9.81. The van der Waals surface area contributed by atoms with Gasteiger partial charge in [-0.05, 0) is 48.4 Å². The van der Waals surface area contributed by atoms with Gasteiger partial charge in [-0.25, -0.2) is 9.67 Å². The van der Waals surface area contributed by atoms with E-state index >= 15 is 0 Å². The summed E-state index contributed by atoms with van der Waals surface area (Å²) < 4.78 is 38.0. The molecular weight excluding hydrogens is 484 g/mol. The lowest BCUT2D eigenvalue weighted by Crippen LogP contribution is -2.42. The van der Waals surface area contributed by atoms with Gasteiger partial charge in [0.25, 0.3) is 5.89 Å². The number of halogens is 2. The van der Waals surface area contributed by atoms with E-state index in [1.165, 1.54) is 6.20 Å². The minimum absolute atomic E-state index is 0.0841. The van der Waals surface area contributed by atoms with Crippen molar-refractivity contribution in [2.75, 3.05) is 6.54 Å². The highest BCUT2D eigenvalue weighted by Gasteiger charge is 2.42. The minimum atomic E-state index is -2.81. The number of aliphatic imine (C=N–C) groups is 1. The van der Waals surface area contributed by atoms with Crippen molar-refractivity contribution >= 4 is 23.2 Å². The van der Waals surface area contributed by atoms with E-state index in [2.05, 4.69) is 29.1 Å². The Morgan fingerprint density at radius 1 is 1.19 bits per heavy atom. The monoisotopic (exact) mass is 507 g/mol. The summed E-state index contributed by atoms with van der Waals surface area (Å²) in [4.78, 5) is 24.7. The number of fused-ring (bicyclic) bond motifs is 1. The SMILES string of the molecule is Cc1ccc2nc([C@@H]3C4=C(CCN3C(=O)c3nnc(-c5cnn(C(F)F)c5)o3)C(C)C(C)C=N4)oc2c1. The number of hydrogen-bond acceptors (Lipinski definition) is 8. The van der Waals surface area contributed by atoms with Crippen molar-refractivity contribution in [3.8, 4) is 11.5 Å². The lowest BCUT2D eigenvalue weighted by molar-refractivity contribution is 0.0565. The van der Waals surface area contributed by atoms with E-state index in [-0.39, 0.29) is 29.2 Å². The molecule has 0 N–H and O–H groups in total. The molecule has 0 radical (unpaired) electrons. The van der Waals surface area contributed by atoms with Crippen molar-refractivity contribution in [2.45, 2.75) is 39.8 Å².